The predicted molar refractivity (Wildman–Crippen MR) is 123 cm³/mol. The molecule has 8 heteroatoms. The van der Waals surface area contributed by atoms with Crippen molar-refractivity contribution in [2.75, 3.05) is 12.4 Å². The molecule has 1 aromatic carbocycles. The standard InChI is InChI=1S/C23H23N7O/c1-13-19(24-3)9-16(10-25-13)15-6-7-18-17(8-15)22-20(11-26-18)29(5)23(31)30(22)21-12-28(4)27-14(21)2/h6-12,24H,1-5H3. The first-order valence-corrected chi connectivity index (χ1v) is 10.0. The van der Waals surface area contributed by atoms with Crippen LogP contribution >= 0.6 is 0 Å². The highest BCUT2D eigenvalue weighted by Gasteiger charge is 2.19. The third-order valence-electron chi connectivity index (χ3n) is 5.80. The van der Waals surface area contributed by atoms with Crippen LogP contribution < -0.4 is 11.0 Å². The minimum Gasteiger partial charge on any atom is -0.387 e. The second-order valence-electron chi connectivity index (χ2n) is 7.78. The maximum absolute atomic E-state index is 13.2. The smallest absolute Gasteiger partial charge is 0.333 e. The number of fused-ring (bicyclic) bond motifs is 3. The molecule has 0 fully saturated rings. The molecular formula is C23H23N7O. The fourth-order valence-corrected chi connectivity index (χ4v) is 4.15. The highest BCUT2D eigenvalue weighted by molar-refractivity contribution is 6.04. The van der Waals surface area contributed by atoms with Crippen molar-refractivity contribution in [2.45, 2.75) is 13.8 Å². The van der Waals surface area contributed by atoms with Crippen molar-refractivity contribution >= 4 is 27.6 Å². The van der Waals surface area contributed by atoms with Gasteiger partial charge in [0.15, 0.2) is 0 Å². The second kappa shape index (κ2) is 6.80. The highest BCUT2D eigenvalue weighted by Crippen LogP contribution is 2.31. The Hall–Kier alpha value is -3.94. The normalized spacial score (nSPS) is 11.5. The SMILES string of the molecule is CNc1cc(-c2ccc3ncc4c(c3c2)n(-c2cn(C)nc2C)c(=O)n4C)cnc1C. The molecule has 0 aliphatic carbocycles. The summed E-state index contributed by atoms with van der Waals surface area (Å²) in [6.45, 7) is 3.88. The molecule has 8 nitrogen and oxygen atoms in total. The van der Waals surface area contributed by atoms with Gasteiger partial charge in [0.1, 0.15) is 0 Å². The van der Waals surface area contributed by atoms with Crippen molar-refractivity contribution in [1.29, 1.82) is 0 Å². The number of nitrogens with zero attached hydrogens (tertiary/aromatic N) is 6. The Kier molecular flexibility index (Phi) is 4.18. The lowest BCUT2D eigenvalue weighted by Gasteiger charge is -2.10. The number of hydrogen-bond donors (Lipinski definition) is 1. The van der Waals surface area contributed by atoms with Gasteiger partial charge in [0.05, 0.1) is 45.5 Å². The number of aryl methyl sites for hydroxylation is 4. The molecule has 5 rings (SSSR count). The van der Waals surface area contributed by atoms with Gasteiger partial charge in [-0.1, -0.05) is 6.07 Å². The first-order chi connectivity index (χ1) is 14.9. The van der Waals surface area contributed by atoms with E-state index in [9.17, 15) is 4.79 Å². The van der Waals surface area contributed by atoms with E-state index in [0.717, 1.165) is 55.8 Å². The van der Waals surface area contributed by atoms with Crippen molar-refractivity contribution in [3.63, 3.8) is 0 Å². The van der Waals surface area contributed by atoms with E-state index in [0.29, 0.717) is 0 Å². The summed E-state index contributed by atoms with van der Waals surface area (Å²) in [6.07, 6.45) is 5.50. The topological polar surface area (TPSA) is 82.6 Å². The molecule has 0 spiro atoms. The highest BCUT2D eigenvalue weighted by atomic mass is 16.1. The van der Waals surface area contributed by atoms with E-state index < -0.39 is 0 Å². The zero-order valence-electron chi connectivity index (χ0n) is 18.1. The summed E-state index contributed by atoms with van der Waals surface area (Å²) >= 11 is 0. The Labute approximate surface area is 178 Å². The molecule has 0 radical (unpaired) electrons. The molecular weight excluding hydrogens is 390 g/mol. The molecule has 0 saturated carbocycles. The average molecular weight is 413 g/mol. The molecule has 0 aliphatic rings. The number of hydrogen-bond acceptors (Lipinski definition) is 5. The molecule has 31 heavy (non-hydrogen) atoms. The van der Waals surface area contributed by atoms with Crippen LogP contribution in [0.25, 0.3) is 38.8 Å². The Morgan fingerprint density at radius 3 is 2.48 bits per heavy atom. The lowest BCUT2D eigenvalue weighted by atomic mass is 10.0. The summed E-state index contributed by atoms with van der Waals surface area (Å²) in [4.78, 5) is 22.3. The second-order valence-corrected chi connectivity index (χ2v) is 7.78. The monoisotopic (exact) mass is 413 g/mol. The summed E-state index contributed by atoms with van der Waals surface area (Å²) in [5.41, 5.74) is 7.79. The number of pyridine rings is 2. The number of nitrogens with one attached hydrogen (secondary N) is 1. The van der Waals surface area contributed by atoms with Crippen molar-refractivity contribution in [2.24, 2.45) is 14.1 Å². The molecule has 0 amide bonds. The van der Waals surface area contributed by atoms with Gasteiger partial charge >= 0.3 is 5.69 Å². The first-order valence-electron chi connectivity index (χ1n) is 10.0. The molecule has 1 N–H and O–H groups in total. The summed E-state index contributed by atoms with van der Waals surface area (Å²) < 4.78 is 5.09. The van der Waals surface area contributed by atoms with Crippen molar-refractivity contribution in [3.8, 4) is 16.8 Å². The third-order valence-corrected chi connectivity index (χ3v) is 5.80. The van der Waals surface area contributed by atoms with Crippen LogP contribution in [-0.4, -0.2) is 35.9 Å². The largest absolute Gasteiger partial charge is 0.387 e. The minimum atomic E-state index is -0.125. The van der Waals surface area contributed by atoms with Gasteiger partial charge in [-0.3, -0.25) is 23.8 Å². The average Bonchev–Trinajstić information content (AvgIpc) is 3.23. The zero-order chi connectivity index (χ0) is 21.9. The quantitative estimate of drug-likeness (QED) is 0.491. The van der Waals surface area contributed by atoms with Crippen molar-refractivity contribution in [1.82, 2.24) is 28.9 Å². The molecule has 4 heterocycles. The lowest BCUT2D eigenvalue weighted by Crippen LogP contribution is -2.21. The number of imidazole rings is 1. The van der Waals surface area contributed by atoms with Crippen LogP contribution in [0.15, 0.2) is 47.7 Å². The van der Waals surface area contributed by atoms with E-state index in [-0.39, 0.29) is 5.69 Å². The number of anilines is 1. The maximum atomic E-state index is 13.2. The van der Waals surface area contributed by atoms with Crippen LogP contribution in [0.1, 0.15) is 11.4 Å². The van der Waals surface area contributed by atoms with E-state index in [1.807, 2.05) is 52.5 Å². The van der Waals surface area contributed by atoms with Crippen LogP contribution in [0.5, 0.6) is 0 Å². The van der Waals surface area contributed by atoms with Gasteiger partial charge in [0, 0.05) is 44.5 Å². The van der Waals surface area contributed by atoms with E-state index >= 15 is 0 Å². The van der Waals surface area contributed by atoms with Crippen LogP contribution in [0.4, 0.5) is 5.69 Å². The van der Waals surface area contributed by atoms with Crippen LogP contribution in [-0.2, 0) is 14.1 Å². The third kappa shape index (κ3) is 2.83. The Morgan fingerprint density at radius 1 is 0.968 bits per heavy atom. The molecule has 0 atom stereocenters. The molecule has 156 valence electrons. The van der Waals surface area contributed by atoms with E-state index in [1.165, 1.54) is 0 Å². The fraction of sp³-hybridized carbons (Fsp3) is 0.217. The summed E-state index contributed by atoms with van der Waals surface area (Å²) in [6, 6.07) is 8.19. The minimum absolute atomic E-state index is 0.125. The van der Waals surface area contributed by atoms with Gasteiger partial charge in [0.2, 0.25) is 0 Å². The molecule has 0 bridgehead atoms. The Balaban J connectivity index is 1.86. The van der Waals surface area contributed by atoms with Gasteiger partial charge in [-0.15, -0.1) is 0 Å². The van der Waals surface area contributed by atoms with Gasteiger partial charge < -0.3 is 5.32 Å². The van der Waals surface area contributed by atoms with Crippen molar-refractivity contribution < 1.29 is 0 Å². The molecule has 4 aromatic heterocycles. The molecule has 0 unspecified atom stereocenters. The molecule has 0 aliphatic heterocycles. The van der Waals surface area contributed by atoms with Crippen molar-refractivity contribution in [3.05, 3.63) is 64.7 Å². The number of benzene rings is 1. The number of rotatable bonds is 3. The van der Waals surface area contributed by atoms with Gasteiger partial charge in [-0.05, 0) is 37.6 Å². The van der Waals surface area contributed by atoms with Gasteiger partial charge in [-0.25, -0.2) is 4.79 Å². The maximum Gasteiger partial charge on any atom is 0.333 e. The zero-order valence-corrected chi connectivity index (χ0v) is 18.1. The van der Waals surface area contributed by atoms with E-state index in [4.69, 9.17) is 0 Å². The Bertz CT molecular complexity index is 1540. The van der Waals surface area contributed by atoms with Gasteiger partial charge in [-0.2, -0.15) is 5.10 Å². The van der Waals surface area contributed by atoms with Crippen LogP contribution in [0.2, 0.25) is 0 Å². The molecule has 5 aromatic rings. The van der Waals surface area contributed by atoms with Gasteiger partial charge in [0.25, 0.3) is 0 Å². The van der Waals surface area contributed by atoms with Crippen LogP contribution in [0, 0.1) is 13.8 Å². The number of aromatic nitrogens is 6. The van der Waals surface area contributed by atoms with Crippen LogP contribution in [0.3, 0.4) is 0 Å². The summed E-state index contributed by atoms with van der Waals surface area (Å²) in [5, 5.41) is 8.53. The first kappa shape index (κ1) is 19.0. The summed E-state index contributed by atoms with van der Waals surface area (Å²) in [7, 11) is 5.52. The fourth-order valence-electron chi connectivity index (χ4n) is 4.15. The van der Waals surface area contributed by atoms with E-state index in [2.05, 4.69) is 32.5 Å². The summed E-state index contributed by atoms with van der Waals surface area (Å²) in [5.74, 6) is 0. The predicted octanol–water partition coefficient (Wildman–Crippen LogP) is 3.33. The lowest BCUT2D eigenvalue weighted by molar-refractivity contribution is 0.756. The van der Waals surface area contributed by atoms with E-state index in [1.54, 1.807) is 27.1 Å². The molecule has 0 saturated heterocycles. The Morgan fingerprint density at radius 2 is 1.77 bits per heavy atom.